The summed E-state index contributed by atoms with van der Waals surface area (Å²) >= 11 is 0. The van der Waals surface area contributed by atoms with Crippen LogP contribution in [0, 0.1) is 0 Å². The largest absolute Gasteiger partial charge is 0.311 e. The Morgan fingerprint density at radius 3 is 0.895 bits per heavy atom. The normalized spacial score (nSPS) is 14.9. The molecule has 11 aromatic carbocycles. The zero-order chi connectivity index (χ0) is 50.9. The van der Waals surface area contributed by atoms with Crippen molar-refractivity contribution in [3.8, 4) is 44.5 Å². The molecule has 0 heterocycles. The molecule has 2 nitrogen and oxygen atoms in total. The molecule has 1 unspecified atom stereocenters. The molecule has 0 aliphatic heterocycles. The van der Waals surface area contributed by atoms with Gasteiger partial charge in [0.15, 0.2) is 0 Å². The fraction of sp³-hybridized carbons (Fsp3) is 0.0541. The van der Waals surface area contributed by atoms with Crippen LogP contribution in [0.1, 0.15) is 41.2 Å². The summed E-state index contributed by atoms with van der Waals surface area (Å²) in [7, 11) is 0. The third-order valence-electron chi connectivity index (χ3n) is 15.8. The van der Waals surface area contributed by atoms with E-state index in [9.17, 15) is 0 Å². The van der Waals surface area contributed by atoms with E-state index in [0.717, 1.165) is 40.5 Å². The molecule has 0 bridgehead atoms. The van der Waals surface area contributed by atoms with Crippen molar-refractivity contribution in [2.24, 2.45) is 0 Å². The van der Waals surface area contributed by atoms with Crippen LogP contribution in [0.5, 0.6) is 0 Å². The summed E-state index contributed by atoms with van der Waals surface area (Å²) in [5.74, 6) is 0. The summed E-state index contributed by atoms with van der Waals surface area (Å²) in [5.41, 5.74) is 21.9. The number of hydrogen-bond donors (Lipinski definition) is 0. The van der Waals surface area contributed by atoms with Crippen molar-refractivity contribution in [2.45, 2.75) is 24.2 Å². The second-order valence-corrected chi connectivity index (χ2v) is 20.3. The van der Waals surface area contributed by atoms with Crippen LogP contribution >= 0.6 is 0 Å². The first-order valence-corrected chi connectivity index (χ1v) is 26.5. The highest BCUT2D eigenvalue weighted by Crippen LogP contribution is 2.57. The van der Waals surface area contributed by atoms with Gasteiger partial charge >= 0.3 is 0 Å². The molecular formula is C74H56N2. The summed E-state index contributed by atoms with van der Waals surface area (Å²) in [6, 6.07) is 105. The molecule has 0 saturated carbocycles. The second kappa shape index (κ2) is 19.7. The summed E-state index contributed by atoms with van der Waals surface area (Å²) in [5, 5.41) is 0. The monoisotopic (exact) mass is 972 g/mol. The quantitative estimate of drug-likeness (QED) is 0.120. The summed E-state index contributed by atoms with van der Waals surface area (Å²) in [4.78, 5) is 4.77. The SMILES string of the molecule is CC1(c2ccc(N(c3ccc(-c4ccccc4)cc3)c3ccc(C4(c5ccc(N(c6ccc(-c7ccccc7)cc6)c6ccc(-c7ccccc7)cc6)cc5)c5ccccc5-c5ccccc54)cc3)cc2)C=CC=CC1. The molecule has 0 amide bonds. The third-order valence-corrected chi connectivity index (χ3v) is 15.8. The van der Waals surface area contributed by atoms with Gasteiger partial charge in [-0.3, -0.25) is 0 Å². The smallest absolute Gasteiger partial charge is 0.0713 e. The van der Waals surface area contributed by atoms with Gasteiger partial charge in [0.05, 0.1) is 5.41 Å². The van der Waals surface area contributed by atoms with Crippen LogP contribution in [0.15, 0.2) is 309 Å². The molecule has 0 spiro atoms. The molecule has 0 N–H and O–H groups in total. The van der Waals surface area contributed by atoms with Gasteiger partial charge in [-0.1, -0.05) is 244 Å². The van der Waals surface area contributed by atoms with Crippen LogP contribution in [0.4, 0.5) is 34.1 Å². The van der Waals surface area contributed by atoms with E-state index < -0.39 is 5.41 Å². The lowest BCUT2D eigenvalue weighted by molar-refractivity contribution is 0.600. The van der Waals surface area contributed by atoms with Gasteiger partial charge in [-0.25, -0.2) is 0 Å². The molecule has 11 aromatic rings. The molecule has 2 aliphatic rings. The first kappa shape index (κ1) is 46.3. The Labute approximate surface area is 447 Å². The summed E-state index contributed by atoms with van der Waals surface area (Å²) in [6.45, 7) is 2.33. The molecule has 0 aromatic heterocycles. The van der Waals surface area contributed by atoms with Gasteiger partial charge < -0.3 is 9.80 Å². The maximum atomic E-state index is 2.40. The minimum atomic E-state index is -0.592. The Kier molecular flexibility index (Phi) is 12.0. The first-order valence-electron chi connectivity index (χ1n) is 26.5. The average Bonchev–Trinajstić information content (AvgIpc) is 3.81. The molecule has 1 atom stereocenters. The van der Waals surface area contributed by atoms with Crippen molar-refractivity contribution >= 4 is 34.1 Å². The van der Waals surface area contributed by atoms with Crippen molar-refractivity contribution in [1.29, 1.82) is 0 Å². The Morgan fingerprint density at radius 1 is 0.276 bits per heavy atom. The van der Waals surface area contributed by atoms with E-state index >= 15 is 0 Å². The highest BCUT2D eigenvalue weighted by Gasteiger charge is 2.46. The zero-order valence-corrected chi connectivity index (χ0v) is 42.5. The van der Waals surface area contributed by atoms with Crippen LogP contribution in [0.25, 0.3) is 44.5 Å². The summed E-state index contributed by atoms with van der Waals surface area (Å²) < 4.78 is 0. The Hall–Kier alpha value is -9.50. The molecule has 13 rings (SSSR count). The van der Waals surface area contributed by atoms with E-state index in [2.05, 4.69) is 326 Å². The molecule has 362 valence electrons. The standard InChI is InChI=1S/C74H56N2/c1-73(52-16-5-17-53-73)60-34-46-66(47-35-60)76(65-44-32-59(33-45-65)56-22-10-4-11-23-56)68-50-38-62(39-51-68)74(71-26-14-12-24-69(71)70-25-13-15-27-72(70)74)61-36-48-67(49-37-61)75(63-40-28-57(29-41-63)54-18-6-2-7-19-54)64-42-30-58(31-43-64)55-20-8-3-9-21-55/h2-52H,53H2,1H3. The Morgan fingerprint density at radius 2 is 0.566 bits per heavy atom. The number of allylic oxidation sites excluding steroid dienone is 4. The van der Waals surface area contributed by atoms with E-state index in [-0.39, 0.29) is 5.41 Å². The summed E-state index contributed by atoms with van der Waals surface area (Å²) in [6.07, 6.45) is 9.90. The number of nitrogens with zero attached hydrogens (tertiary/aromatic N) is 2. The predicted molar refractivity (Wildman–Crippen MR) is 320 cm³/mol. The van der Waals surface area contributed by atoms with Gasteiger partial charge in [-0.05, 0) is 152 Å². The van der Waals surface area contributed by atoms with Crippen LogP contribution in [0.3, 0.4) is 0 Å². The third kappa shape index (κ3) is 8.35. The van der Waals surface area contributed by atoms with Gasteiger partial charge in [0.1, 0.15) is 0 Å². The molecule has 2 heteroatoms. The van der Waals surface area contributed by atoms with Gasteiger partial charge in [-0.15, -0.1) is 0 Å². The highest BCUT2D eigenvalue weighted by molar-refractivity contribution is 5.88. The highest BCUT2D eigenvalue weighted by atomic mass is 15.1. The minimum Gasteiger partial charge on any atom is -0.311 e. The van der Waals surface area contributed by atoms with Gasteiger partial charge in [0.2, 0.25) is 0 Å². The molecule has 0 fully saturated rings. The molecule has 2 aliphatic carbocycles. The van der Waals surface area contributed by atoms with E-state index in [1.54, 1.807) is 0 Å². The number of benzene rings is 11. The van der Waals surface area contributed by atoms with Crippen molar-refractivity contribution in [2.75, 3.05) is 9.80 Å². The van der Waals surface area contributed by atoms with Crippen molar-refractivity contribution in [3.63, 3.8) is 0 Å². The van der Waals surface area contributed by atoms with E-state index in [0.29, 0.717) is 0 Å². The minimum absolute atomic E-state index is 0.0436. The fourth-order valence-corrected chi connectivity index (χ4v) is 11.9. The fourth-order valence-electron chi connectivity index (χ4n) is 11.9. The second-order valence-electron chi connectivity index (χ2n) is 20.3. The number of anilines is 6. The maximum absolute atomic E-state index is 2.40. The predicted octanol–water partition coefficient (Wildman–Crippen LogP) is 19.8. The zero-order valence-electron chi connectivity index (χ0n) is 42.5. The molecule has 0 radical (unpaired) electrons. The van der Waals surface area contributed by atoms with Crippen LogP contribution in [-0.4, -0.2) is 0 Å². The number of rotatable bonds is 12. The van der Waals surface area contributed by atoms with Crippen molar-refractivity contribution in [3.05, 3.63) is 337 Å². The first-order chi connectivity index (χ1) is 37.5. The van der Waals surface area contributed by atoms with E-state index in [1.807, 2.05) is 0 Å². The topological polar surface area (TPSA) is 6.48 Å². The van der Waals surface area contributed by atoms with E-state index in [4.69, 9.17) is 0 Å². The molecular weight excluding hydrogens is 917 g/mol. The van der Waals surface area contributed by atoms with Gasteiger partial charge in [-0.2, -0.15) is 0 Å². The van der Waals surface area contributed by atoms with Crippen molar-refractivity contribution < 1.29 is 0 Å². The lowest BCUT2D eigenvalue weighted by atomic mass is 9.67. The lowest BCUT2D eigenvalue weighted by Gasteiger charge is -2.35. The maximum Gasteiger partial charge on any atom is 0.0713 e. The van der Waals surface area contributed by atoms with Crippen LogP contribution < -0.4 is 9.80 Å². The van der Waals surface area contributed by atoms with Gasteiger partial charge in [0.25, 0.3) is 0 Å². The Balaban J connectivity index is 0.921. The van der Waals surface area contributed by atoms with Crippen LogP contribution in [-0.2, 0) is 10.8 Å². The number of fused-ring (bicyclic) bond motifs is 3. The average molecular weight is 973 g/mol. The van der Waals surface area contributed by atoms with Gasteiger partial charge in [0, 0.05) is 39.5 Å². The number of hydrogen-bond acceptors (Lipinski definition) is 2. The Bertz CT molecular complexity index is 3710. The van der Waals surface area contributed by atoms with E-state index in [1.165, 1.54) is 72.3 Å². The molecule has 0 saturated heterocycles. The van der Waals surface area contributed by atoms with Crippen LogP contribution in [0.2, 0.25) is 0 Å². The van der Waals surface area contributed by atoms with Crippen molar-refractivity contribution in [1.82, 2.24) is 0 Å². The lowest BCUT2D eigenvalue weighted by Crippen LogP contribution is -2.28. The molecule has 76 heavy (non-hydrogen) atoms.